The first-order valence-corrected chi connectivity index (χ1v) is 4.60. The zero-order valence-corrected chi connectivity index (χ0v) is 8.13. The van der Waals surface area contributed by atoms with Gasteiger partial charge in [-0.1, -0.05) is 11.6 Å². The molecule has 0 bridgehead atoms. The van der Waals surface area contributed by atoms with Crippen molar-refractivity contribution in [3.05, 3.63) is 15.3 Å². The van der Waals surface area contributed by atoms with Gasteiger partial charge in [-0.25, -0.2) is 0 Å². The average Bonchev–Trinajstić information content (AvgIpc) is 2.42. The summed E-state index contributed by atoms with van der Waals surface area (Å²) in [5.74, 6) is 0. The first kappa shape index (κ1) is 11.4. The first-order valence-electron chi connectivity index (χ1n) is 3.34. The van der Waals surface area contributed by atoms with E-state index in [4.69, 9.17) is 11.6 Å². The maximum Gasteiger partial charge on any atom is 0.427 e. The van der Waals surface area contributed by atoms with Gasteiger partial charge in [0.15, 0.2) is 0 Å². The maximum atomic E-state index is 12.3. The molecule has 0 fully saturated rings. The van der Waals surface area contributed by atoms with Crippen LogP contribution in [0.4, 0.5) is 18.9 Å². The molecule has 1 aromatic rings. The molecular weight excluding hydrogens is 237 g/mol. The Balaban J connectivity index is 3.00. The van der Waals surface area contributed by atoms with E-state index in [-0.39, 0.29) is 10.7 Å². The third-order valence-electron chi connectivity index (χ3n) is 1.30. The summed E-state index contributed by atoms with van der Waals surface area (Å²) in [5.41, 5.74) is -0.281. The lowest BCUT2D eigenvalue weighted by molar-refractivity contribution is -0.133. The van der Waals surface area contributed by atoms with Crippen LogP contribution in [0.2, 0.25) is 5.02 Å². The molecule has 0 aliphatic carbocycles. The minimum absolute atomic E-state index is 0.0552. The van der Waals surface area contributed by atoms with Crippen molar-refractivity contribution in [2.24, 2.45) is 0 Å². The molecule has 0 saturated carbocycles. The zero-order chi connectivity index (χ0) is 10.8. The van der Waals surface area contributed by atoms with Gasteiger partial charge in [0.25, 0.3) is 0 Å². The van der Waals surface area contributed by atoms with E-state index in [1.165, 1.54) is 0 Å². The van der Waals surface area contributed by atoms with Crippen molar-refractivity contribution in [1.29, 1.82) is 0 Å². The van der Waals surface area contributed by atoms with Crippen LogP contribution in [0, 0.1) is 0 Å². The Kier molecular flexibility index (Phi) is 3.44. The largest absolute Gasteiger partial charge is 0.427 e. The van der Waals surface area contributed by atoms with E-state index >= 15 is 0 Å². The fourth-order valence-corrected chi connectivity index (χ4v) is 1.90. The lowest BCUT2D eigenvalue weighted by Crippen LogP contribution is -2.12. The van der Waals surface area contributed by atoms with Gasteiger partial charge in [0.2, 0.25) is 0 Å². The van der Waals surface area contributed by atoms with Crippen LogP contribution >= 0.6 is 22.9 Å². The molecule has 0 spiro atoms. The lowest BCUT2D eigenvalue weighted by Gasteiger charge is -2.07. The van der Waals surface area contributed by atoms with E-state index in [0.29, 0.717) is 17.5 Å². The third-order valence-corrected chi connectivity index (χ3v) is 2.75. The van der Waals surface area contributed by atoms with Crippen molar-refractivity contribution in [3.63, 3.8) is 0 Å². The Labute approximate surface area is 87.3 Å². The Morgan fingerprint density at radius 1 is 1.57 bits per heavy atom. The summed E-state index contributed by atoms with van der Waals surface area (Å²) in [4.78, 5) is 9.09. The van der Waals surface area contributed by atoms with Crippen molar-refractivity contribution in [1.82, 2.24) is 0 Å². The summed E-state index contributed by atoms with van der Waals surface area (Å²) in [6.45, 7) is 0. The second-order valence-electron chi connectivity index (χ2n) is 2.23. The van der Waals surface area contributed by atoms with Crippen molar-refractivity contribution in [3.8, 4) is 0 Å². The quantitative estimate of drug-likeness (QED) is 0.650. The van der Waals surface area contributed by atoms with E-state index in [1.807, 2.05) is 0 Å². The highest BCUT2D eigenvalue weighted by Gasteiger charge is 2.36. The molecule has 0 unspecified atom stereocenters. The number of hydrogen-bond acceptors (Lipinski definition) is 3. The summed E-state index contributed by atoms with van der Waals surface area (Å²) in [6.07, 6.45) is -4.12. The molecule has 0 atom stereocenters. The van der Waals surface area contributed by atoms with Crippen LogP contribution in [0.1, 0.15) is 4.88 Å². The first-order chi connectivity index (χ1) is 6.46. The molecule has 0 saturated heterocycles. The molecule has 1 radical (unpaired) electrons. The number of carbonyl (C=O) groups excluding carboxylic acids is 1. The van der Waals surface area contributed by atoms with Crippen molar-refractivity contribution < 1.29 is 18.0 Å². The Bertz CT molecular complexity index is 340. The highest BCUT2D eigenvalue weighted by atomic mass is 35.5. The number of hydrogen-bond donors (Lipinski definition) is 1. The fourth-order valence-electron chi connectivity index (χ4n) is 0.797. The fraction of sp³-hybridized carbons (Fsp3) is 0.167. The van der Waals surface area contributed by atoms with Crippen molar-refractivity contribution >= 4 is 42.2 Å². The van der Waals surface area contributed by atoms with Gasteiger partial charge in [0.1, 0.15) is 11.1 Å². The van der Waals surface area contributed by atoms with Gasteiger partial charge in [-0.3, -0.25) is 0 Å². The minimum Gasteiger partial charge on any atom is -0.423 e. The number of thiophene rings is 1. The van der Waals surface area contributed by atoms with Gasteiger partial charge in [-0.05, 0) is 0 Å². The van der Waals surface area contributed by atoms with Crippen LogP contribution in [-0.2, 0) is 11.0 Å². The SMILES string of the molecule is O=C[B]Nc1c(Cl)csc1C(F)(F)F. The molecule has 1 N–H and O–H groups in total. The monoisotopic (exact) mass is 240 g/mol. The Morgan fingerprint density at radius 2 is 2.21 bits per heavy atom. The maximum absolute atomic E-state index is 12.3. The van der Waals surface area contributed by atoms with Gasteiger partial charge in [0, 0.05) is 5.38 Å². The molecule has 0 aliphatic heterocycles. The van der Waals surface area contributed by atoms with Gasteiger partial charge in [0.05, 0.1) is 10.7 Å². The average molecular weight is 240 g/mol. The lowest BCUT2D eigenvalue weighted by atomic mass is 9.98. The van der Waals surface area contributed by atoms with Crippen molar-refractivity contribution in [2.45, 2.75) is 6.18 Å². The van der Waals surface area contributed by atoms with Crippen molar-refractivity contribution in [2.75, 3.05) is 5.23 Å². The second-order valence-corrected chi connectivity index (χ2v) is 3.52. The van der Waals surface area contributed by atoms with Crippen LogP contribution in [0.25, 0.3) is 0 Å². The van der Waals surface area contributed by atoms with Crippen LogP contribution in [0.15, 0.2) is 5.38 Å². The molecule has 0 aromatic carbocycles. The molecule has 8 heteroatoms. The van der Waals surface area contributed by atoms with E-state index in [1.54, 1.807) is 0 Å². The summed E-state index contributed by atoms with van der Waals surface area (Å²) >= 11 is 5.98. The third kappa shape index (κ3) is 2.42. The van der Waals surface area contributed by atoms with E-state index < -0.39 is 11.1 Å². The highest BCUT2D eigenvalue weighted by Crippen LogP contribution is 2.43. The predicted molar refractivity (Wildman–Crippen MR) is 50.5 cm³/mol. The zero-order valence-electron chi connectivity index (χ0n) is 6.56. The molecule has 14 heavy (non-hydrogen) atoms. The van der Waals surface area contributed by atoms with E-state index in [9.17, 15) is 18.0 Å². The summed E-state index contributed by atoms with van der Waals surface area (Å²) in [7, 11) is 0.850. The topological polar surface area (TPSA) is 29.1 Å². The van der Waals surface area contributed by atoms with Crippen LogP contribution in [0.5, 0.6) is 0 Å². The van der Waals surface area contributed by atoms with Gasteiger partial charge < -0.3 is 10.0 Å². The van der Waals surface area contributed by atoms with Crippen LogP contribution in [0.3, 0.4) is 0 Å². The molecule has 1 aromatic heterocycles. The molecule has 0 amide bonds. The molecule has 1 heterocycles. The highest BCUT2D eigenvalue weighted by molar-refractivity contribution is 7.11. The summed E-state index contributed by atoms with van der Waals surface area (Å²) in [5, 5.41) is 3.29. The minimum atomic E-state index is -4.46. The van der Waals surface area contributed by atoms with E-state index in [2.05, 4.69) is 5.23 Å². The van der Waals surface area contributed by atoms with Crippen LogP contribution in [-0.4, -0.2) is 13.6 Å². The van der Waals surface area contributed by atoms with Crippen LogP contribution < -0.4 is 5.23 Å². The molecule has 1 rings (SSSR count). The molecular formula is C6H3BClF3NOS. The number of halogens is 4. The van der Waals surface area contributed by atoms with Gasteiger partial charge in [-0.2, -0.15) is 13.2 Å². The number of carbonyl (C=O) groups is 1. The summed E-state index contributed by atoms with van der Waals surface area (Å²) < 4.78 is 36.9. The molecule has 0 aliphatic rings. The van der Waals surface area contributed by atoms with E-state index in [0.717, 1.165) is 12.8 Å². The number of alkyl halides is 3. The predicted octanol–water partition coefficient (Wildman–Crippen LogP) is 2.64. The van der Waals surface area contributed by atoms with Gasteiger partial charge in [-0.15, -0.1) is 11.3 Å². The molecule has 75 valence electrons. The molecule has 2 nitrogen and oxygen atoms in total. The normalized spacial score (nSPS) is 11.1. The summed E-state index contributed by atoms with van der Waals surface area (Å²) in [6, 6.07) is 0. The number of rotatable bonds is 3. The van der Waals surface area contributed by atoms with Gasteiger partial charge >= 0.3 is 13.6 Å². The standard InChI is InChI=1S/C6H3BClF3NOS/c8-3-1-14-5(6(9,10)11)4(3)12-7-2-13/h1-2,12H. The number of nitrogens with one attached hydrogen (secondary N) is 1. The Hall–Kier alpha value is -0.685. The number of anilines is 1. The smallest absolute Gasteiger partial charge is 0.423 e. The second kappa shape index (κ2) is 4.23. The Morgan fingerprint density at radius 3 is 2.71 bits per heavy atom.